The topological polar surface area (TPSA) is 93.0 Å². The Bertz CT molecular complexity index is 1040. The minimum Gasteiger partial charge on any atom is -0.341 e. The maximum absolute atomic E-state index is 12.7. The third kappa shape index (κ3) is 2.94. The van der Waals surface area contributed by atoms with Crippen molar-refractivity contribution in [3.63, 3.8) is 0 Å². The van der Waals surface area contributed by atoms with E-state index in [1.807, 2.05) is 0 Å². The zero-order chi connectivity index (χ0) is 18.1. The zero-order valence-electron chi connectivity index (χ0n) is 14.2. The molecule has 0 bridgehead atoms. The molecule has 0 aliphatic carbocycles. The number of hydrogen-bond acceptors (Lipinski definition) is 4. The lowest BCUT2D eigenvalue weighted by molar-refractivity contribution is -0.133. The van der Waals surface area contributed by atoms with Crippen LogP contribution in [-0.2, 0) is 11.3 Å². The fourth-order valence-electron chi connectivity index (χ4n) is 3.51. The number of amides is 1. The number of fused-ring (bicyclic) bond motifs is 1. The average Bonchev–Trinajstić information content (AvgIpc) is 3.15. The van der Waals surface area contributed by atoms with E-state index in [0.717, 1.165) is 0 Å². The van der Waals surface area contributed by atoms with Gasteiger partial charge in [0.2, 0.25) is 5.91 Å². The quantitative estimate of drug-likeness (QED) is 0.752. The summed E-state index contributed by atoms with van der Waals surface area (Å²) in [5.41, 5.74) is -0.119. The van der Waals surface area contributed by atoms with Gasteiger partial charge in [0.15, 0.2) is 0 Å². The van der Waals surface area contributed by atoms with Crippen molar-refractivity contribution in [2.24, 2.45) is 0 Å². The Labute approximate surface area is 148 Å². The monoisotopic (exact) mass is 353 g/mol. The number of piperidine rings is 1. The van der Waals surface area contributed by atoms with Gasteiger partial charge in [0.05, 0.1) is 10.9 Å². The molecule has 26 heavy (non-hydrogen) atoms. The van der Waals surface area contributed by atoms with Crippen LogP contribution < -0.4 is 11.2 Å². The normalized spacial score (nSPS) is 15.5. The van der Waals surface area contributed by atoms with E-state index in [1.165, 1.54) is 4.57 Å². The van der Waals surface area contributed by atoms with Crippen LogP contribution in [0.3, 0.4) is 0 Å². The van der Waals surface area contributed by atoms with Crippen LogP contribution in [0.25, 0.3) is 10.9 Å². The van der Waals surface area contributed by atoms with Crippen molar-refractivity contribution in [2.75, 3.05) is 13.1 Å². The predicted octanol–water partition coefficient (Wildman–Crippen LogP) is 0.750. The van der Waals surface area contributed by atoms with Crippen LogP contribution in [0.15, 0.2) is 52.3 Å². The average molecular weight is 353 g/mol. The molecule has 0 saturated carbocycles. The summed E-state index contributed by atoms with van der Waals surface area (Å²) < 4.78 is 2.89. The summed E-state index contributed by atoms with van der Waals surface area (Å²) in [4.78, 5) is 42.0. The fourth-order valence-corrected chi connectivity index (χ4v) is 3.51. The van der Waals surface area contributed by atoms with Gasteiger partial charge in [-0.25, -0.2) is 4.79 Å². The van der Waals surface area contributed by atoms with Crippen LogP contribution in [0.2, 0.25) is 0 Å². The number of aromatic nitrogens is 4. The fraction of sp³-hybridized carbons (Fsp3) is 0.333. The van der Waals surface area contributed by atoms with E-state index in [4.69, 9.17) is 0 Å². The summed E-state index contributed by atoms with van der Waals surface area (Å²) >= 11 is 0. The summed E-state index contributed by atoms with van der Waals surface area (Å²) in [6.07, 6.45) is 4.54. The van der Waals surface area contributed by atoms with Crippen molar-refractivity contribution in [1.29, 1.82) is 0 Å². The van der Waals surface area contributed by atoms with Gasteiger partial charge in [0, 0.05) is 31.5 Å². The first kappa shape index (κ1) is 16.3. The number of benzene rings is 1. The molecule has 0 unspecified atom stereocenters. The molecule has 0 spiro atoms. The van der Waals surface area contributed by atoms with Crippen molar-refractivity contribution in [2.45, 2.75) is 25.4 Å². The largest absolute Gasteiger partial charge is 0.341 e. The first-order chi connectivity index (χ1) is 12.6. The highest BCUT2D eigenvalue weighted by Gasteiger charge is 2.26. The Morgan fingerprint density at radius 2 is 1.92 bits per heavy atom. The predicted molar refractivity (Wildman–Crippen MR) is 95.9 cm³/mol. The first-order valence-electron chi connectivity index (χ1n) is 8.62. The number of carbonyl (C=O) groups is 1. The summed E-state index contributed by atoms with van der Waals surface area (Å²) in [7, 11) is 0. The van der Waals surface area contributed by atoms with Crippen molar-refractivity contribution in [1.82, 2.24) is 24.2 Å². The minimum absolute atomic E-state index is 0.00748. The second kappa shape index (κ2) is 6.62. The number of H-pyrrole nitrogens is 1. The Morgan fingerprint density at radius 3 is 2.65 bits per heavy atom. The van der Waals surface area contributed by atoms with E-state index in [0.29, 0.717) is 36.8 Å². The molecule has 3 heterocycles. The number of nitrogens with zero attached hydrogens (tertiary/aromatic N) is 4. The molecule has 2 aromatic heterocycles. The van der Waals surface area contributed by atoms with Crippen molar-refractivity contribution in [3.05, 3.63) is 63.6 Å². The lowest BCUT2D eigenvalue weighted by Crippen LogP contribution is -2.45. The standard InChI is InChI=1S/C18H19N5O3/c24-16(12-22-9-3-8-19-22)21-10-6-13(7-11-21)23-17(25)14-4-1-2-5-15(14)20-18(23)26/h1-5,8-9,13H,6-7,10-12H2,(H,20,26). The van der Waals surface area contributed by atoms with Crippen LogP contribution in [0.4, 0.5) is 0 Å². The van der Waals surface area contributed by atoms with E-state index in [1.54, 1.807) is 52.3 Å². The molecule has 0 radical (unpaired) electrons. The molecule has 1 aliphatic heterocycles. The molecule has 134 valence electrons. The Morgan fingerprint density at radius 1 is 1.15 bits per heavy atom. The van der Waals surface area contributed by atoms with Gasteiger partial charge in [-0.3, -0.25) is 18.8 Å². The molecule has 1 N–H and O–H groups in total. The van der Waals surface area contributed by atoms with Gasteiger partial charge >= 0.3 is 5.69 Å². The van der Waals surface area contributed by atoms with Gasteiger partial charge in [-0.2, -0.15) is 5.10 Å². The third-order valence-electron chi connectivity index (χ3n) is 4.88. The third-order valence-corrected chi connectivity index (χ3v) is 4.88. The zero-order valence-corrected chi connectivity index (χ0v) is 14.2. The molecule has 1 aromatic carbocycles. The van der Waals surface area contributed by atoms with Gasteiger partial charge in [0.25, 0.3) is 5.56 Å². The first-order valence-corrected chi connectivity index (χ1v) is 8.62. The van der Waals surface area contributed by atoms with E-state index in [-0.39, 0.29) is 24.1 Å². The maximum atomic E-state index is 12.7. The number of carbonyl (C=O) groups excluding carboxylic acids is 1. The minimum atomic E-state index is -0.394. The second-order valence-electron chi connectivity index (χ2n) is 6.47. The van der Waals surface area contributed by atoms with Gasteiger partial charge in [-0.05, 0) is 31.0 Å². The summed E-state index contributed by atoms with van der Waals surface area (Å²) in [6.45, 7) is 1.24. The second-order valence-corrected chi connectivity index (χ2v) is 6.47. The molecule has 3 aromatic rings. The molecule has 8 nitrogen and oxygen atoms in total. The number of para-hydroxylation sites is 1. The van der Waals surface area contributed by atoms with Crippen LogP contribution in [0.1, 0.15) is 18.9 Å². The Kier molecular flexibility index (Phi) is 4.16. The van der Waals surface area contributed by atoms with Crippen molar-refractivity contribution in [3.8, 4) is 0 Å². The van der Waals surface area contributed by atoms with Gasteiger partial charge < -0.3 is 9.88 Å². The molecule has 1 amide bonds. The summed E-state index contributed by atoms with van der Waals surface area (Å²) in [5, 5.41) is 4.55. The lowest BCUT2D eigenvalue weighted by atomic mass is 10.0. The van der Waals surface area contributed by atoms with Crippen molar-refractivity contribution < 1.29 is 4.79 Å². The van der Waals surface area contributed by atoms with Gasteiger partial charge in [-0.15, -0.1) is 0 Å². The Balaban J connectivity index is 1.52. The van der Waals surface area contributed by atoms with Gasteiger partial charge in [0.1, 0.15) is 6.54 Å². The van der Waals surface area contributed by atoms with E-state index in [9.17, 15) is 14.4 Å². The van der Waals surface area contributed by atoms with Crippen LogP contribution in [-0.4, -0.2) is 43.2 Å². The highest BCUT2D eigenvalue weighted by atomic mass is 16.2. The maximum Gasteiger partial charge on any atom is 0.329 e. The summed E-state index contributed by atoms with van der Waals surface area (Å²) in [5.74, 6) is -0.00748. The van der Waals surface area contributed by atoms with Crippen LogP contribution in [0, 0.1) is 0 Å². The molecule has 8 heteroatoms. The highest BCUT2D eigenvalue weighted by molar-refractivity contribution is 5.77. The molecular weight excluding hydrogens is 334 g/mol. The van der Waals surface area contributed by atoms with E-state index in [2.05, 4.69) is 10.1 Å². The van der Waals surface area contributed by atoms with Crippen LogP contribution >= 0.6 is 0 Å². The lowest BCUT2D eigenvalue weighted by Gasteiger charge is -2.32. The number of rotatable bonds is 3. The van der Waals surface area contributed by atoms with Crippen molar-refractivity contribution >= 4 is 16.8 Å². The number of aromatic amines is 1. The molecule has 1 saturated heterocycles. The molecule has 4 rings (SSSR count). The summed E-state index contributed by atoms with van der Waals surface area (Å²) in [6, 6.07) is 8.57. The molecular formula is C18H19N5O3. The van der Waals surface area contributed by atoms with E-state index < -0.39 is 5.69 Å². The molecule has 0 atom stereocenters. The SMILES string of the molecule is O=C(Cn1cccn1)N1CCC(n2c(=O)[nH]c3ccccc3c2=O)CC1. The number of nitrogens with one attached hydrogen (secondary N) is 1. The van der Waals surface area contributed by atoms with Crippen LogP contribution in [0.5, 0.6) is 0 Å². The van der Waals surface area contributed by atoms with Gasteiger partial charge in [-0.1, -0.05) is 12.1 Å². The molecule has 1 aliphatic rings. The highest BCUT2D eigenvalue weighted by Crippen LogP contribution is 2.20. The Hall–Kier alpha value is -3.16. The molecule has 1 fully saturated rings. The number of hydrogen-bond donors (Lipinski definition) is 1. The smallest absolute Gasteiger partial charge is 0.329 e. The van der Waals surface area contributed by atoms with E-state index >= 15 is 0 Å². The number of likely N-dealkylation sites (tertiary alicyclic amines) is 1.